The van der Waals surface area contributed by atoms with Crippen LogP contribution >= 0.6 is 23.1 Å². The number of carboxylic acids is 1. The van der Waals surface area contributed by atoms with Gasteiger partial charge in [-0.2, -0.15) is 4.39 Å². The highest BCUT2D eigenvalue weighted by atomic mass is 32.2. The Labute approximate surface area is 217 Å². The number of rotatable bonds is 8. The van der Waals surface area contributed by atoms with Crippen LogP contribution in [0.2, 0.25) is 0 Å². The van der Waals surface area contributed by atoms with Gasteiger partial charge in [-0.25, -0.2) is 18.7 Å². The Hall–Kier alpha value is -3.98. The van der Waals surface area contributed by atoms with Gasteiger partial charge in [0.1, 0.15) is 48.4 Å². The molecule has 192 valence electrons. The summed E-state index contributed by atoms with van der Waals surface area (Å²) in [5.41, 5.74) is 6.28. The zero-order valence-corrected chi connectivity index (χ0v) is 21.0. The number of carboxylic acid groups (broad SMARTS) is 1. The number of fused-ring (bicyclic) bond motifs is 2. The number of thioether (sulfide) groups is 1. The third kappa shape index (κ3) is 4.40. The Kier molecular flexibility index (Phi) is 6.55. The number of anilines is 1. The fraction of sp³-hybridized carbons (Fsp3) is 0.273. The lowest BCUT2D eigenvalue weighted by atomic mass is 10.0. The number of nitrogens with two attached hydrogens (primary N) is 1. The van der Waals surface area contributed by atoms with Crippen LogP contribution in [0.3, 0.4) is 0 Å². The number of halogens is 1. The first-order valence-corrected chi connectivity index (χ1v) is 13.0. The van der Waals surface area contributed by atoms with Gasteiger partial charge >= 0.3 is 11.6 Å². The largest absolute Gasteiger partial charge is 0.477 e. The summed E-state index contributed by atoms with van der Waals surface area (Å²) in [7, 11) is 0. The number of oxime groups is 1. The maximum absolute atomic E-state index is 14.4. The monoisotopic (exact) mass is 546 g/mol. The Morgan fingerprint density at radius 1 is 1.43 bits per heavy atom. The Morgan fingerprint density at radius 2 is 2.24 bits per heavy atom. The predicted octanol–water partition coefficient (Wildman–Crippen LogP) is 0.584. The highest BCUT2D eigenvalue weighted by Crippen LogP contribution is 2.40. The number of hydrogen-bond donors (Lipinski definition) is 3. The molecule has 37 heavy (non-hydrogen) atoms. The highest BCUT2D eigenvalue weighted by molar-refractivity contribution is 8.00. The normalized spacial score (nSPS) is 19.6. The van der Waals surface area contributed by atoms with Crippen LogP contribution in [-0.4, -0.2) is 66.7 Å². The van der Waals surface area contributed by atoms with Gasteiger partial charge in [0.05, 0.1) is 6.20 Å². The molecule has 12 nitrogen and oxygen atoms in total. The van der Waals surface area contributed by atoms with Crippen LogP contribution < -0.4 is 15.6 Å². The van der Waals surface area contributed by atoms with Gasteiger partial charge in [-0.05, 0) is 19.1 Å². The molecule has 1 saturated heterocycles. The standard InChI is InChI=1S/C22H20FN7O5S2/c1-2-35-27-14(13-10-37-22(24)25-13)17(31)26-15-19(32)30-16(21(33)34)11(9-36-20(15)30)8-29-7-6-28-5-3-4-12(23)18(28)29/h3-7,10,15,20H,2,8-9H2,1H3,(H3-,24,25,26,31,33,34)/p+1/b27-14-/t15-,20-/m1/s1. The van der Waals surface area contributed by atoms with E-state index in [0.29, 0.717) is 5.57 Å². The summed E-state index contributed by atoms with van der Waals surface area (Å²) in [6.45, 7) is 1.98. The van der Waals surface area contributed by atoms with E-state index in [0.717, 1.165) is 16.2 Å². The zero-order valence-electron chi connectivity index (χ0n) is 19.3. The molecule has 1 fully saturated rings. The number of nitrogen functional groups attached to an aromatic ring is 1. The smallest absolute Gasteiger partial charge is 0.352 e. The maximum atomic E-state index is 14.4. The van der Waals surface area contributed by atoms with E-state index in [1.165, 1.54) is 17.8 Å². The summed E-state index contributed by atoms with van der Waals surface area (Å²) < 4.78 is 17.6. The quantitative estimate of drug-likeness (QED) is 0.160. The van der Waals surface area contributed by atoms with Crippen molar-refractivity contribution in [2.45, 2.75) is 24.9 Å². The van der Waals surface area contributed by atoms with E-state index >= 15 is 0 Å². The van der Waals surface area contributed by atoms with Crippen LogP contribution in [0.4, 0.5) is 9.52 Å². The minimum atomic E-state index is -1.28. The molecule has 0 aromatic carbocycles. The second-order valence-corrected chi connectivity index (χ2v) is 10.1. The van der Waals surface area contributed by atoms with Crippen LogP contribution in [-0.2, 0) is 25.8 Å². The summed E-state index contributed by atoms with van der Waals surface area (Å²) in [5.74, 6) is -2.74. The number of nitrogens with one attached hydrogen (secondary N) is 1. The third-order valence-electron chi connectivity index (χ3n) is 5.79. The van der Waals surface area contributed by atoms with E-state index in [1.54, 1.807) is 45.9 Å². The number of nitrogens with zero attached hydrogens (tertiary/aromatic N) is 5. The number of carbonyl (C=O) groups excluding carboxylic acids is 2. The van der Waals surface area contributed by atoms with E-state index in [9.17, 15) is 23.9 Å². The average Bonchev–Trinajstić information content (AvgIpc) is 3.49. The SMILES string of the molecule is CCO/N=C(\C(=O)N[C@@H]1C(=O)N2C(C(=O)O)=C(C[n+]3ccn4cccc(F)c43)CS[C@H]12)c1csc(N)n1. The minimum Gasteiger partial charge on any atom is -0.477 e. The van der Waals surface area contributed by atoms with E-state index in [1.807, 2.05) is 0 Å². The van der Waals surface area contributed by atoms with Crippen LogP contribution in [0.25, 0.3) is 5.65 Å². The number of pyridine rings is 1. The molecule has 0 unspecified atom stereocenters. The molecule has 5 rings (SSSR count). The molecule has 0 aliphatic carbocycles. The van der Waals surface area contributed by atoms with Crippen molar-refractivity contribution in [2.24, 2.45) is 5.16 Å². The number of aromatic nitrogens is 3. The van der Waals surface area contributed by atoms with Crippen molar-refractivity contribution in [3.63, 3.8) is 0 Å². The van der Waals surface area contributed by atoms with Gasteiger partial charge < -0.3 is 21.0 Å². The molecule has 2 aliphatic heterocycles. The summed E-state index contributed by atoms with van der Waals surface area (Å²) in [6.07, 6.45) is 4.99. The van der Waals surface area contributed by atoms with Crippen molar-refractivity contribution in [1.82, 2.24) is 19.6 Å². The van der Waals surface area contributed by atoms with E-state index in [4.69, 9.17) is 10.6 Å². The number of hydrogen-bond acceptors (Lipinski definition) is 9. The molecule has 4 N–H and O–H groups in total. The number of carbonyl (C=O) groups is 3. The summed E-state index contributed by atoms with van der Waals surface area (Å²) in [4.78, 5) is 48.5. The van der Waals surface area contributed by atoms with Crippen molar-refractivity contribution < 1.29 is 33.3 Å². The van der Waals surface area contributed by atoms with Crippen molar-refractivity contribution in [1.29, 1.82) is 0 Å². The molecule has 15 heteroatoms. The van der Waals surface area contributed by atoms with Gasteiger partial charge in [0, 0.05) is 16.7 Å². The summed E-state index contributed by atoms with van der Waals surface area (Å²) >= 11 is 2.43. The molecule has 0 spiro atoms. The fourth-order valence-electron chi connectivity index (χ4n) is 4.20. The first-order chi connectivity index (χ1) is 17.8. The van der Waals surface area contributed by atoms with Crippen molar-refractivity contribution in [3.8, 4) is 0 Å². The molecule has 3 aromatic heterocycles. The van der Waals surface area contributed by atoms with Gasteiger partial charge in [0.25, 0.3) is 11.8 Å². The van der Waals surface area contributed by atoms with Crippen molar-refractivity contribution in [3.05, 3.63) is 58.9 Å². The van der Waals surface area contributed by atoms with Crippen molar-refractivity contribution >= 4 is 57.4 Å². The van der Waals surface area contributed by atoms with E-state index in [2.05, 4.69) is 15.5 Å². The average molecular weight is 547 g/mol. The summed E-state index contributed by atoms with van der Waals surface area (Å²) in [5, 5.41) is 17.5. The van der Waals surface area contributed by atoms with E-state index < -0.39 is 35.0 Å². The van der Waals surface area contributed by atoms with Crippen LogP contribution in [0.5, 0.6) is 0 Å². The molecule has 3 aromatic rings. The Balaban J connectivity index is 1.38. The first-order valence-electron chi connectivity index (χ1n) is 11.1. The molecule has 0 saturated carbocycles. The topological polar surface area (TPSA) is 156 Å². The Morgan fingerprint density at radius 3 is 2.95 bits per heavy atom. The molecule has 0 radical (unpaired) electrons. The van der Waals surface area contributed by atoms with Crippen LogP contribution in [0.15, 0.2) is 52.5 Å². The maximum Gasteiger partial charge on any atom is 0.352 e. The second-order valence-electron chi connectivity index (χ2n) is 8.06. The number of aliphatic carboxylic acids is 1. The number of thiazole rings is 1. The van der Waals surface area contributed by atoms with Gasteiger partial charge in [0.2, 0.25) is 5.82 Å². The molecule has 2 atom stereocenters. The molecular formula is C22H21FN7O5S2+. The number of imidazole rings is 1. The summed E-state index contributed by atoms with van der Waals surface area (Å²) in [6, 6.07) is 1.91. The minimum absolute atomic E-state index is 0.0794. The first kappa shape index (κ1) is 24.7. The second kappa shape index (κ2) is 9.82. The van der Waals surface area contributed by atoms with Gasteiger partial charge in [-0.1, -0.05) is 5.16 Å². The lowest BCUT2D eigenvalue weighted by Crippen LogP contribution is -2.71. The third-order valence-corrected chi connectivity index (χ3v) is 7.80. The lowest BCUT2D eigenvalue weighted by Gasteiger charge is -2.49. The molecule has 5 heterocycles. The van der Waals surface area contributed by atoms with Crippen LogP contribution in [0, 0.1) is 5.82 Å². The molecule has 0 bridgehead atoms. The van der Waals surface area contributed by atoms with Crippen molar-refractivity contribution in [2.75, 3.05) is 18.1 Å². The van der Waals surface area contributed by atoms with Gasteiger partial charge in [-0.3, -0.25) is 14.5 Å². The molecular weight excluding hydrogens is 525 g/mol. The zero-order chi connectivity index (χ0) is 26.3. The van der Waals surface area contributed by atoms with Gasteiger partial charge in [0.15, 0.2) is 10.8 Å². The van der Waals surface area contributed by atoms with Crippen LogP contribution in [0.1, 0.15) is 12.6 Å². The lowest BCUT2D eigenvalue weighted by molar-refractivity contribution is -0.663. The number of amides is 2. The molecule has 2 amide bonds. The predicted molar refractivity (Wildman–Crippen MR) is 132 cm³/mol. The van der Waals surface area contributed by atoms with E-state index in [-0.39, 0.29) is 46.8 Å². The Bertz CT molecular complexity index is 1480. The molecule has 2 aliphatic rings. The fourth-order valence-corrected chi connectivity index (χ4v) is 6.08. The van der Waals surface area contributed by atoms with Gasteiger partial charge in [-0.15, -0.1) is 23.1 Å². The number of β-lactam (4-membered cyclic amide) rings is 1. The highest BCUT2D eigenvalue weighted by Gasteiger charge is 2.54.